The first-order chi connectivity index (χ1) is 20.0. The van der Waals surface area contributed by atoms with Crippen LogP contribution in [0.25, 0.3) is 0 Å². The van der Waals surface area contributed by atoms with Crippen molar-refractivity contribution < 1.29 is 19.1 Å². The highest BCUT2D eigenvalue weighted by atomic mass is 32.2. The zero-order valence-electron chi connectivity index (χ0n) is 23.2. The predicted molar refractivity (Wildman–Crippen MR) is 162 cm³/mol. The fourth-order valence-electron chi connectivity index (χ4n) is 4.03. The smallest absolute Gasteiger partial charge is 0.363 e. The molecule has 4 rings (SSSR count). The molecule has 3 aromatic rings. The van der Waals surface area contributed by atoms with Crippen LogP contribution in [-0.2, 0) is 27.5 Å². The standard InChI is InChI=1S/C32H36N4O4S/c1-24(28-15-9-4-10-16-28)41-23-33-20-30(37)35-36(21-26-11-5-2-6-12-26)32(39)34-29(19-25-17-18-25)31(38)40-22-27-13-7-3-8-14-27/h2-16,24-25,33H,17-23H2,1H3,(H,35,37)/t24-/m1/s1. The zero-order valence-corrected chi connectivity index (χ0v) is 24.0. The molecule has 0 radical (unpaired) electrons. The Morgan fingerprint density at radius 2 is 1.54 bits per heavy atom. The van der Waals surface area contributed by atoms with Crippen molar-refractivity contribution in [1.29, 1.82) is 0 Å². The van der Waals surface area contributed by atoms with Gasteiger partial charge >= 0.3 is 12.0 Å². The van der Waals surface area contributed by atoms with Crippen molar-refractivity contribution in [3.05, 3.63) is 108 Å². The molecule has 41 heavy (non-hydrogen) atoms. The first-order valence-corrected chi connectivity index (χ1v) is 14.8. The van der Waals surface area contributed by atoms with Gasteiger partial charge in [-0.2, -0.15) is 4.99 Å². The lowest BCUT2D eigenvalue weighted by molar-refractivity contribution is -0.137. The Morgan fingerprint density at radius 1 is 0.927 bits per heavy atom. The van der Waals surface area contributed by atoms with Crippen LogP contribution in [0.5, 0.6) is 0 Å². The van der Waals surface area contributed by atoms with E-state index in [2.05, 4.69) is 34.8 Å². The third-order valence-corrected chi connectivity index (χ3v) is 7.66. The molecule has 214 valence electrons. The number of nitrogens with one attached hydrogen (secondary N) is 2. The molecule has 0 heterocycles. The van der Waals surface area contributed by atoms with E-state index in [9.17, 15) is 14.4 Å². The molecule has 3 aromatic carbocycles. The second-order valence-corrected chi connectivity index (χ2v) is 11.3. The minimum absolute atomic E-state index is 0.0187. The lowest BCUT2D eigenvalue weighted by atomic mass is 10.2. The van der Waals surface area contributed by atoms with Crippen LogP contribution < -0.4 is 10.7 Å². The summed E-state index contributed by atoms with van der Waals surface area (Å²) in [7, 11) is 0. The van der Waals surface area contributed by atoms with Gasteiger partial charge in [-0.25, -0.2) is 14.6 Å². The van der Waals surface area contributed by atoms with E-state index in [4.69, 9.17) is 4.74 Å². The third kappa shape index (κ3) is 10.5. The molecule has 0 spiro atoms. The number of esters is 1. The van der Waals surface area contributed by atoms with Crippen LogP contribution >= 0.6 is 11.8 Å². The molecule has 1 fully saturated rings. The number of urea groups is 1. The molecule has 1 aliphatic rings. The number of rotatable bonds is 13. The predicted octanol–water partition coefficient (Wildman–Crippen LogP) is 5.67. The molecule has 9 heteroatoms. The minimum atomic E-state index is -0.721. The lowest BCUT2D eigenvalue weighted by Gasteiger charge is -2.22. The molecule has 1 atom stereocenters. The molecule has 3 amide bonds. The average molecular weight is 573 g/mol. The molecule has 1 saturated carbocycles. The van der Waals surface area contributed by atoms with E-state index >= 15 is 0 Å². The zero-order chi connectivity index (χ0) is 28.9. The van der Waals surface area contributed by atoms with Crippen molar-refractivity contribution in [2.75, 3.05) is 12.4 Å². The Labute approximate surface area is 245 Å². The molecule has 8 nitrogen and oxygen atoms in total. The minimum Gasteiger partial charge on any atom is -0.456 e. The summed E-state index contributed by atoms with van der Waals surface area (Å²) in [6.07, 6.45) is 2.33. The highest BCUT2D eigenvalue weighted by Gasteiger charge is 2.29. The fraction of sp³-hybridized carbons (Fsp3) is 0.312. The Balaban J connectivity index is 1.37. The molecule has 0 saturated heterocycles. The van der Waals surface area contributed by atoms with Gasteiger partial charge in [-0.1, -0.05) is 91.0 Å². The van der Waals surface area contributed by atoms with E-state index < -0.39 is 12.0 Å². The van der Waals surface area contributed by atoms with E-state index in [-0.39, 0.29) is 36.6 Å². The van der Waals surface area contributed by atoms with Crippen LogP contribution in [-0.4, -0.2) is 41.0 Å². The molecule has 0 aromatic heterocycles. The number of benzene rings is 3. The second kappa shape index (κ2) is 15.7. The molecule has 0 unspecified atom stereocenters. The summed E-state index contributed by atoms with van der Waals surface area (Å²) in [4.78, 5) is 43.2. The van der Waals surface area contributed by atoms with E-state index in [0.717, 1.165) is 29.0 Å². The number of thioether (sulfide) groups is 1. The summed E-state index contributed by atoms with van der Waals surface area (Å²) >= 11 is 1.68. The van der Waals surface area contributed by atoms with Crippen molar-refractivity contribution in [3.63, 3.8) is 0 Å². The maximum Gasteiger partial charge on any atom is 0.363 e. The van der Waals surface area contributed by atoms with Crippen molar-refractivity contribution >= 4 is 35.4 Å². The number of hydrazine groups is 1. The Hall–Kier alpha value is -3.95. The highest BCUT2D eigenvalue weighted by Crippen LogP contribution is 2.33. The van der Waals surface area contributed by atoms with E-state index in [1.54, 1.807) is 11.8 Å². The number of hydrogen-bond donors (Lipinski definition) is 2. The number of carbonyl (C=O) groups is 3. The lowest BCUT2D eigenvalue weighted by Crippen LogP contribution is -2.47. The summed E-state index contributed by atoms with van der Waals surface area (Å²) in [5, 5.41) is 4.54. The van der Waals surface area contributed by atoms with Crippen LogP contribution in [0.3, 0.4) is 0 Å². The molecule has 2 N–H and O–H groups in total. The maximum atomic E-state index is 13.3. The molecule has 1 aliphatic carbocycles. The van der Waals surface area contributed by atoms with Gasteiger partial charge in [-0.3, -0.25) is 15.5 Å². The largest absolute Gasteiger partial charge is 0.456 e. The van der Waals surface area contributed by atoms with Gasteiger partial charge in [0.1, 0.15) is 12.3 Å². The summed E-state index contributed by atoms with van der Waals surface area (Å²) in [6, 6.07) is 28.1. The summed E-state index contributed by atoms with van der Waals surface area (Å²) < 4.78 is 5.48. The Kier molecular flexibility index (Phi) is 11.5. The van der Waals surface area contributed by atoms with E-state index in [1.165, 1.54) is 5.56 Å². The second-order valence-electron chi connectivity index (χ2n) is 9.95. The van der Waals surface area contributed by atoms with Gasteiger partial charge in [0.2, 0.25) is 0 Å². The molecular weight excluding hydrogens is 536 g/mol. The van der Waals surface area contributed by atoms with Crippen molar-refractivity contribution in [1.82, 2.24) is 15.8 Å². The highest BCUT2D eigenvalue weighted by molar-refractivity contribution is 7.99. The number of ether oxygens (including phenoxy) is 1. The topological polar surface area (TPSA) is 100 Å². The third-order valence-electron chi connectivity index (χ3n) is 6.52. The van der Waals surface area contributed by atoms with Crippen LogP contribution in [0.4, 0.5) is 4.79 Å². The summed E-state index contributed by atoms with van der Waals surface area (Å²) in [5.74, 6) is -0.130. The van der Waals surface area contributed by atoms with Crippen molar-refractivity contribution in [3.8, 4) is 0 Å². The normalized spacial score (nSPS) is 13.7. The van der Waals surface area contributed by atoms with E-state index in [0.29, 0.717) is 18.2 Å². The Morgan fingerprint density at radius 3 is 2.17 bits per heavy atom. The van der Waals surface area contributed by atoms with Gasteiger partial charge < -0.3 is 4.74 Å². The fourth-order valence-corrected chi connectivity index (χ4v) is 4.85. The number of nitrogens with zero attached hydrogens (tertiary/aromatic N) is 2. The summed E-state index contributed by atoms with van der Waals surface area (Å²) in [5.41, 5.74) is 5.62. The molecule has 0 aliphatic heterocycles. The van der Waals surface area contributed by atoms with Gasteiger partial charge in [-0.05, 0) is 42.4 Å². The van der Waals surface area contributed by atoms with Crippen LogP contribution in [0, 0.1) is 5.92 Å². The van der Waals surface area contributed by atoms with Crippen molar-refractivity contribution in [2.45, 2.75) is 44.6 Å². The van der Waals surface area contributed by atoms with E-state index in [1.807, 2.05) is 78.9 Å². The average Bonchev–Trinajstić information content (AvgIpc) is 3.83. The Bertz CT molecular complexity index is 1300. The number of aliphatic imine (C=N–C) groups is 1. The first kappa shape index (κ1) is 30.0. The SMILES string of the molecule is C[C@@H](SCNCC(=O)NN(Cc1ccccc1)C(=O)N=C(CC1CC1)C(=O)OCc1ccccc1)c1ccccc1. The maximum absolute atomic E-state index is 13.3. The van der Waals surface area contributed by atoms with Gasteiger partial charge in [0.05, 0.1) is 13.1 Å². The van der Waals surface area contributed by atoms with Gasteiger partial charge in [0.25, 0.3) is 5.91 Å². The number of amides is 3. The quantitative estimate of drug-likeness (QED) is 0.0901. The van der Waals surface area contributed by atoms with Gasteiger partial charge in [0, 0.05) is 17.5 Å². The monoisotopic (exact) mass is 572 g/mol. The summed E-state index contributed by atoms with van der Waals surface area (Å²) in [6.45, 7) is 2.33. The van der Waals surface area contributed by atoms with Crippen LogP contribution in [0.1, 0.15) is 48.1 Å². The van der Waals surface area contributed by atoms with Crippen LogP contribution in [0.2, 0.25) is 0 Å². The number of hydrogen-bond acceptors (Lipinski definition) is 6. The van der Waals surface area contributed by atoms with Gasteiger partial charge in [0.15, 0.2) is 0 Å². The molecule has 0 bridgehead atoms. The number of carbonyl (C=O) groups excluding carboxylic acids is 3. The molecular formula is C32H36N4O4S. The van der Waals surface area contributed by atoms with Crippen molar-refractivity contribution in [2.24, 2.45) is 10.9 Å². The van der Waals surface area contributed by atoms with Gasteiger partial charge in [-0.15, -0.1) is 11.8 Å². The van der Waals surface area contributed by atoms with Crippen LogP contribution in [0.15, 0.2) is 96.0 Å². The first-order valence-electron chi connectivity index (χ1n) is 13.8.